The van der Waals surface area contributed by atoms with Crippen LogP contribution in [0.5, 0.6) is 0 Å². The van der Waals surface area contributed by atoms with Crippen molar-refractivity contribution in [1.82, 2.24) is 4.90 Å². The van der Waals surface area contributed by atoms with Gasteiger partial charge in [0, 0.05) is 31.6 Å². The van der Waals surface area contributed by atoms with Crippen LogP contribution in [0.25, 0.3) is 0 Å². The van der Waals surface area contributed by atoms with Crippen molar-refractivity contribution in [3.05, 3.63) is 71.3 Å². The van der Waals surface area contributed by atoms with Crippen LogP contribution >= 0.6 is 0 Å². The van der Waals surface area contributed by atoms with E-state index in [1.807, 2.05) is 37.3 Å². The first-order valence-electron chi connectivity index (χ1n) is 8.82. The molecule has 0 spiro atoms. The predicted molar refractivity (Wildman–Crippen MR) is 95.6 cm³/mol. The number of carbonyl (C=O) groups is 1. The van der Waals surface area contributed by atoms with Crippen molar-refractivity contribution in [3.63, 3.8) is 0 Å². The molecule has 0 bridgehead atoms. The van der Waals surface area contributed by atoms with Gasteiger partial charge in [-0.15, -0.1) is 0 Å². The zero-order chi connectivity index (χ0) is 18.7. The topological polar surface area (TPSA) is 29.5 Å². The van der Waals surface area contributed by atoms with E-state index in [4.69, 9.17) is 4.74 Å². The Kier molecular flexibility index (Phi) is 5.37. The number of nitrogens with zero attached hydrogens (tertiary/aromatic N) is 1. The molecule has 1 aliphatic rings. The molecule has 1 saturated heterocycles. The second-order valence-electron chi connectivity index (χ2n) is 7.01. The lowest BCUT2D eigenvalue weighted by Crippen LogP contribution is -2.37. The Morgan fingerprint density at radius 1 is 1.23 bits per heavy atom. The third-order valence-electron chi connectivity index (χ3n) is 5.09. The number of halogens is 2. The van der Waals surface area contributed by atoms with Gasteiger partial charge in [0.25, 0.3) is 0 Å². The number of likely N-dealkylation sites (tertiary alicyclic amines) is 1. The fraction of sp³-hybridized carbons (Fsp3) is 0.381. The quantitative estimate of drug-likeness (QED) is 0.752. The van der Waals surface area contributed by atoms with Gasteiger partial charge in [-0.2, -0.15) is 0 Å². The molecule has 2 aromatic carbocycles. The van der Waals surface area contributed by atoms with Gasteiger partial charge in [0.2, 0.25) is 0 Å². The maximum atomic E-state index is 14.4. The van der Waals surface area contributed by atoms with Crippen LogP contribution in [0.3, 0.4) is 0 Å². The van der Waals surface area contributed by atoms with Crippen molar-refractivity contribution >= 4 is 5.97 Å². The molecular formula is C21H23F2NO2. The Bertz CT molecular complexity index is 781. The smallest absolute Gasteiger partial charge is 0.313 e. The minimum atomic E-state index is -0.885. The van der Waals surface area contributed by atoms with E-state index in [1.165, 1.54) is 12.1 Å². The number of ether oxygens (including phenoxy) is 1. The lowest BCUT2D eigenvalue weighted by molar-refractivity contribution is -0.154. The molecule has 0 N–H and O–H groups in total. The van der Waals surface area contributed by atoms with E-state index in [2.05, 4.69) is 4.90 Å². The molecule has 0 radical (unpaired) electrons. The minimum absolute atomic E-state index is 0.270. The summed E-state index contributed by atoms with van der Waals surface area (Å²) < 4.78 is 33.0. The summed E-state index contributed by atoms with van der Waals surface area (Å²) in [5, 5.41) is 0. The molecule has 1 fully saturated rings. The van der Waals surface area contributed by atoms with Gasteiger partial charge < -0.3 is 4.74 Å². The van der Waals surface area contributed by atoms with E-state index in [1.54, 1.807) is 6.92 Å². The maximum absolute atomic E-state index is 14.4. The van der Waals surface area contributed by atoms with E-state index >= 15 is 0 Å². The van der Waals surface area contributed by atoms with Gasteiger partial charge in [-0.05, 0) is 31.0 Å². The van der Waals surface area contributed by atoms with Gasteiger partial charge in [0.15, 0.2) is 0 Å². The molecule has 2 aromatic rings. The van der Waals surface area contributed by atoms with Crippen LogP contribution < -0.4 is 0 Å². The molecule has 2 atom stereocenters. The normalized spacial score (nSPS) is 23.2. The van der Waals surface area contributed by atoms with Gasteiger partial charge >= 0.3 is 5.97 Å². The van der Waals surface area contributed by atoms with E-state index < -0.39 is 23.0 Å². The number of benzene rings is 2. The Morgan fingerprint density at radius 2 is 1.96 bits per heavy atom. The van der Waals surface area contributed by atoms with Crippen LogP contribution in [0, 0.1) is 17.0 Å². The van der Waals surface area contributed by atoms with Crippen molar-refractivity contribution in [2.75, 3.05) is 19.7 Å². The molecule has 1 heterocycles. The molecule has 26 heavy (non-hydrogen) atoms. The van der Waals surface area contributed by atoms with E-state index in [-0.39, 0.29) is 12.6 Å². The number of esters is 1. The third kappa shape index (κ3) is 3.63. The molecule has 0 aromatic heterocycles. The van der Waals surface area contributed by atoms with E-state index in [0.717, 1.165) is 11.6 Å². The molecular weight excluding hydrogens is 336 g/mol. The number of hydrogen-bond acceptors (Lipinski definition) is 3. The van der Waals surface area contributed by atoms with Crippen LogP contribution in [0.15, 0.2) is 48.5 Å². The average Bonchev–Trinajstić information content (AvgIpc) is 2.93. The molecule has 0 aliphatic carbocycles. The Hall–Kier alpha value is -2.27. The second-order valence-corrected chi connectivity index (χ2v) is 7.01. The Balaban J connectivity index is 1.92. The fourth-order valence-electron chi connectivity index (χ4n) is 3.79. The zero-order valence-corrected chi connectivity index (χ0v) is 15.0. The molecule has 3 nitrogen and oxygen atoms in total. The van der Waals surface area contributed by atoms with Crippen LogP contribution in [0.1, 0.15) is 30.9 Å². The van der Waals surface area contributed by atoms with Crippen LogP contribution in [0.4, 0.5) is 8.78 Å². The average molecular weight is 359 g/mol. The first kappa shape index (κ1) is 18.5. The summed E-state index contributed by atoms with van der Waals surface area (Å²) in [7, 11) is 0. The van der Waals surface area contributed by atoms with Crippen molar-refractivity contribution in [1.29, 1.82) is 0 Å². The summed E-state index contributed by atoms with van der Waals surface area (Å²) in [5.41, 5.74) is 0.597. The lowest BCUT2D eigenvalue weighted by Gasteiger charge is -2.28. The highest BCUT2D eigenvalue weighted by molar-refractivity contribution is 5.79. The van der Waals surface area contributed by atoms with Crippen LogP contribution in [-0.4, -0.2) is 30.6 Å². The lowest BCUT2D eigenvalue weighted by atomic mass is 9.76. The first-order chi connectivity index (χ1) is 12.4. The van der Waals surface area contributed by atoms with Crippen molar-refractivity contribution in [2.24, 2.45) is 5.41 Å². The number of rotatable bonds is 5. The summed E-state index contributed by atoms with van der Waals surface area (Å²) in [6, 6.07) is 13.5. The van der Waals surface area contributed by atoms with Gasteiger partial charge in [-0.1, -0.05) is 36.4 Å². The molecule has 138 valence electrons. The SMILES string of the molecule is CCOC(=O)C1(C)CN(Cc2ccccc2)CC1c1ccc(F)cc1F. The highest BCUT2D eigenvalue weighted by Gasteiger charge is 2.50. The van der Waals surface area contributed by atoms with E-state index in [9.17, 15) is 13.6 Å². The van der Waals surface area contributed by atoms with Gasteiger partial charge in [-0.25, -0.2) is 8.78 Å². The standard InChI is InChI=1S/C21H23F2NO2/c1-3-26-20(25)21(2)14-24(12-15-7-5-4-6-8-15)13-18(21)17-10-9-16(22)11-19(17)23/h4-11,18H,3,12-14H2,1-2H3. The van der Waals surface area contributed by atoms with E-state index in [0.29, 0.717) is 25.2 Å². The monoisotopic (exact) mass is 359 g/mol. The van der Waals surface area contributed by atoms with Crippen molar-refractivity contribution < 1.29 is 18.3 Å². The highest BCUT2D eigenvalue weighted by atomic mass is 19.1. The molecule has 3 rings (SSSR count). The number of carbonyl (C=O) groups excluding carboxylic acids is 1. The molecule has 0 amide bonds. The fourth-order valence-corrected chi connectivity index (χ4v) is 3.79. The van der Waals surface area contributed by atoms with Gasteiger partial charge in [0.05, 0.1) is 12.0 Å². The summed E-state index contributed by atoms with van der Waals surface area (Å²) in [6.07, 6.45) is 0. The van der Waals surface area contributed by atoms with Crippen LogP contribution in [-0.2, 0) is 16.1 Å². The Labute approximate surface area is 152 Å². The molecule has 1 aliphatic heterocycles. The summed E-state index contributed by atoms with van der Waals surface area (Å²) >= 11 is 0. The first-order valence-corrected chi connectivity index (χ1v) is 8.82. The second kappa shape index (κ2) is 7.54. The highest BCUT2D eigenvalue weighted by Crippen LogP contribution is 2.45. The number of hydrogen-bond donors (Lipinski definition) is 0. The zero-order valence-electron chi connectivity index (χ0n) is 15.0. The minimum Gasteiger partial charge on any atom is -0.466 e. The molecule has 2 unspecified atom stereocenters. The predicted octanol–water partition coefficient (Wildman–Crippen LogP) is 4.13. The van der Waals surface area contributed by atoms with Crippen molar-refractivity contribution in [3.8, 4) is 0 Å². The van der Waals surface area contributed by atoms with Gasteiger partial charge in [-0.3, -0.25) is 9.69 Å². The summed E-state index contributed by atoms with van der Waals surface area (Å²) in [5.74, 6) is -1.98. The third-order valence-corrected chi connectivity index (χ3v) is 5.09. The maximum Gasteiger partial charge on any atom is 0.313 e. The molecule has 0 saturated carbocycles. The summed E-state index contributed by atoms with van der Waals surface area (Å²) in [6.45, 7) is 5.46. The largest absolute Gasteiger partial charge is 0.466 e. The summed E-state index contributed by atoms with van der Waals surface area (Å²) in [4.78, 5) is 14.8. The Morgan fingerprint density at radius 3 is 2.62 bits per heavy atom. The van der Waals surface area contributed by atoms with Gasteiger partial charge in [0.1, 0.15) is 11.6 Å². The molecule has 5 heteroatoms. The van der Waals surface area contributed by atoms with Crippen molar-refractivity contribution in [2.45, 2.75) is 26.3 Å². The van der Waals surface area contributed by atoms with Crippen LogP contribution in [0.2, 0.25) is 0 Å².